The second-order valence-electron chi connectivity index (χ2n) is 7.46. The Bertz CT molecular complexity index is 1310. The second-order valence-corrected chi connectivity index (χ2v) is 8.32. The number of thiazole rings is 1. The van der Waals surface area contributed by atoms with Gasteiger partial charge < -0.3 is 5.32 Å². The number of nitrogens with one attached hydrogen (secondary N) is 2. The molecular formula is C23H22N6O2S. The van der Waals surface area contributed by atoms with Crippen molar-refractivity contribution in [3.05, 3.63) is 70.4 Å². The molecule has 4 aromatic rings. The van der Waals surface area contributed by atoms with Gasteiger partial charge in [-0.05, 0) is 44.5 Å². The van der Waals surface area contributed by atoms with Crippen molar-refractivity contribution in [1.29, 1.82) is 0 Å². The van der Waals surface area contributed by atoms with Crippen LogP contribution in [0.5, 0.6) is 0 Å². The van der Waals surface area contributed by atoms with Crippen molar-refractivity contribution in [3.8, 4) is 16.9 Å². The predicted octanol–water partition coefficient (Wildman–Crippen LogP) is 4.53. The van der Waals surface area contributed by atoms with E-state index in [1.54, 1.807) is 6.92 Å². The number of aryl methyl sites for hydroxylation is 3. The number of carbonyl (C=O) groups is 2. The van der Waals surface area contributed by atoms with E-state index in [0.29, 0.717) is 16.5 Å². The maximum atomic E-state index is 12.8. The van der Waals surface area contributed by atoms with Crippen LogP contribution in [0, 0.1) is 20.8 Å². The minimum atomic E-state index is -0.361. The molecule has 0 aliphatic rings. The Labute approximate surface area is 189 Å². The fourth-order valence-corrected chi connectivity index (χ4v) is 3.99. The molecular weight excluding hydrogens is 424 g/mol. The summed E-state index contributed by atoms with van der Waals surface area (Å²) in [7, 11) is 0. The molecule has 0 unspecified atom stereocenters. The molecule has 2 aromatic carbocycles. The number of nitrogens with zero attached hydrogens (tertiary/aromatic N) is 4. The Morgan fingerprint density at radius 1 is 0.969 bits per heavy atom. The van der Waals surface area contributed by atoms with Gasteiger partial charge in [-0.2, -0.15) is 9.90 Å². The Morgan fingerprint density at radius 2 is 1.72 bits per heavy atom. The summed E-state index contributed by atoms with van der Waals surface area (Å²) in [5.74, 6) is -0.485. The summed E-state index contributed by atoms with van der Waals surface area (Å²) < 4.78 is 0. The van der Waals surface area contributed by atoms with E-state index in [1.165, 1.54) is 23.1 Å². The molecule has 162 valence electrons. The van der Waals surface area contributed by atoms with Crippen LogP contribution in [0.25, 0.3) is 16.9 Å². The van der Waals surface area contributed by atoms with Crippen LogP contribution in [-0.4, -0.2) is 31.8 Å². The summed E-state index contributed by atoms with van der Waals surface area (Å²) >= 11 is 1.33. The molecule has 0 saturated heterocycles. The van der Waals surface area contributed by atoms with Crippen LogP contribution >= 0.6 is 11.3 Å². The average molecular weight is 447 g/mol. The van der Waals surface area contributed by atoms with Crippen LogP contribution in [0.1, 0.15) is 34.2 Å². The molecule has 0 aliphatic heterocycles. The quantitative estimate of drug-likeness (QED) is 0.469. The van der Waals surface area contributed by atoms with Crippen LogP contribution in [0.3, 0.4) is 0 Å². The molecule has 2 heterocycles. The minimum absolute atomic E-state index is 0.124. The lowest BCUT2D eigenvalue weighted by Crippen LogP contribution is -2.14. The van der Waals surface area contributed by atoms with E-state index in [2.05, 4.69) is 25.8 Å². The lowest BCUT2D eigenvalue weighted by molar-refractivity contribution is -0.114. The zero-order valence-electron chi connectivity index (χ0n) is 18.1. The van der Waals surface area contributed by atoms with Crippen molar-refractivity contribution < 1.29 is 9.59 Å². The van der Waals surface area contributed by atoms with Crippen molar-refractivity contribution in [2.24, 2.45) is 0 Å². The van der Waals surface area contributed by atoms with Gasteiger partial charge in [0, 0.05) is 23.6 Å². The number of hydrogen-bond acceptors (Lipinski definition) is 6. The van der Waals surface area contributed by atoms with Gasteiger partial charge in [0.1, 0.15) is 0 Å². The van der Waals surface area contributed by atoms with Gasteiger partial charge in [-0.25, -0.2) is 4.98 Å². The summed E-state index contributed by atoms with van der Waals surface area (Å²) in [6.45, 7) is 7.23. The summed E-state index contributed by atoms with van der Waals surface area (Å²) in [4.78, 5) is 30.0. The van der Waals surface area contributed by atoms with Crippen LogP contribution in [0.4, 0.5) is 10.8 Å². The molecule has 0 aliphatic carbocycles. The summed E-state index contributed by atoms with van der Waals surface area (Å²) in [5.41, 5.74) is 6.13. The van der Waals surface area contributed by atoms with Crippen LogP contribution in [0.2, 0.25) is 0 Å². The zero-order valence-corrected chi connectivity index (χ0v) is 18.9. The van der Waals surface area contributed by atoms with Gasteiger partial charge in [0.15, 0.2) is 10.8 Å². The standard InChI is InChI=1S/C23H22N6O2S/c1-13-5-10-20(14(2)11-13)29-27-15(3)21(28-29)22(31)26-23-25-19(12-32-23)17-6-8-18(9-7-17)24-16(4)30/h5-12H,1-4H3,(H,24,30)(H,25,26,31). The first-order valence-corrected chi connectivity index (χ1v) is 10.8. The largest absolute Gasteiger partial charge is 0.326 e. The van der Waals surface area contributed by atoms with E-state index in [0.717, 1.165) is 28.1 Å². The van der Waals surface area contributed by atoms with Crippen molar-refractivity contribution in [2.75, 3.05) is 10.6 Å². The predicted molar refractivity (Wildman–Crippen MR) is 125 cm³/mol. The van der Waals surface area contributed by atoms with Crippen molar-refractivity contribution in [3.63, 3.8) is 0 Å². The molecule has 0 spiro atoms. The third-order valence-corrected chi connectivity index (χ3v) is 5.55. The Hall–Kier alpha value is -3.85. The molecule has 0 atom stereocenters. The number of rotatable bonds is 5. The summed E-state index contributed by atoms with van der Waals surface area (Å²) in [6, 6.07) is 13.3. The van der Waals surface area contributed by atoms with Gasteiger partial charge in [-0.1, -0.05) is 29.8 Å². The molecule has 2 amide bonds. The fourth-order valence-electron chi connectivity index (χ4n) is 3.27. The lowest BCUT2D eigenvalue weighted by Gasteiger charge is -2.05. The highest BCUT2D eigenvalue weighted by molar-refractivity contribution is 7.14. The number of carbonyl (C=O) groups excluding carboxylic acids is 2. The lowest BCUT2D eigenvalue weighted by atomic mass is 10.1. The van der Waals surface area contributed by atoms with Crippen LogP contribution in [-0.2, 0) is 4.79 Å². The molecule has 0 radical (unpaired) electrons. The second kappa shape index (κ2) is 8.72. The topological polar surface area (TPSA) is 102 Å². The molecule has 2 aromatic heterocycles. The van der Waals surface area contributed by atoms with Crippen molar-refractivity contribution in [1.82, 2.24) is 20.0 Å². The molecule has 0 saturated carbocycles. The van der Waals surface area contributed by atoms with Gasteiger partial charge >= 0.3 is 0 Å². The number of anilines is 2. The molecule has 9 heteroatoms. The van der Waals surface area contributed by atoms with E-state index >= 15 is 0 Å². The Kier molecular flexibility index (Phi) is 5.83. The van der Waals surface area contributed by atoms with Crippen LogP contribution < -0.4 is 10.6 Å². The zero-order chi connectivity index (χ0) is 22.8. The Morgan fingerprint density at radius 3 is 2.41 bits per heavy atom. The Balaban J connectivity index is 1.50. The van der Waals surface area contributed by atoms with Crippen molar-refractivity contribution >= 4 is 34.0 Å². The van der Waals surface area contributed by atoms with Gasteiger partial charge in [0.05, 0.1) is 17.1 Å². The third kappa shape index (κ3) is 4.57. The molecule has 8 nitrogen and oxygen atoms in total. The number of hydrogen-bond donors (Lipinski definition) is 2. The maximum Gasteiger partial charge on any atom is 0.279 e. The fraction of sp³-hybridized carbons (Fsp3) is 0.174. The highest BCUT2D eigenvalue weighted by atomic mass is 32.1. The van der Waals surface area contributed by atoms with Crippen molar-refractivity contribution in [2.45, 2.75) is 27.7 Å². The van der Waals surface area contributed by atoms with E-state index in [4.69, 9.17) is 0 Å². The highest BCUT2D eigenvalue weighted by Gasteiger charge is 2.18. The third-order valence-electron chi connectivity index (χ3n) is 4.79. The van der Waals surface area contributed by atoms with Crippen LogP contribution in [0.15, 0.2) is 47.8 Å². The number of benzene rings is 2. The normalized spacial score (nSPS) is 10.8. The summed E-state index contributed by atoms with van der Waals surface area (Å²) in [5, 5.41) is 16.7. The highest BCUT2D eigenvalue weighted by Crippen LogP contribution is 2.26. The molecule has 0 fully saturated rings. The van der Waals surface area contributed by atoms with E-state index in [1.807, 2.05) is 61.7 Å². The smallest absolute Gasteiger partial charge is 0.279 e. The average Bonchev–Trinajstić information content (AvgIpc) is 3.35. The van der Waals surface area contributed by atoms with Gasteiger partial charge in [0.25, 0.3) is 5.91 Å². The monoisotopic (exact) mass is 446 g/mol. The molecule has 0 bridgehead atoms. The molecule has 32 heavy (non-hydrogen) atoms. The first kappa shape index (κ1) is 21.4. The molecule has 2 N–H and O–H groups in total. The van der Waals surface area contributed by atoms with E-state index in [9.17, 15) is 9.59 Å². The number of aromatic nitrogens is 4. The summed E-state index contributed by atoms with van der Waals surface area (Å²) in [6.07, 6.45) is 0. The number of amides is 2. The first-order chi connectivity index (χ1) is 15.3. The van der Waals surface area contributed by atoms with E-state index < -0.39 is 0 Å². The van der Waals surface area contributed by atoms with E-state index in [-0.39, 0.29) is 17.5 Å². The van der Waals surface area contributed by atoms with Gasteiger partial charge in [0.2, 0.25) is 5.91 Å². The maximum absolute atomic E-state index is 12.8. The van der Waals surface area contributed by atoms with Gasteiger partial charge in [-0.3, -0.25) is 14.9 Å². The first-order valence-electron chi connectivity index (χ1n) is 9.96. The molecule has 4 rings (SSSR count). The SMILES string of the molecule is CC(=O)Nc1ccc(-c2csc(NC(=O)c3nn(-c4ccc(C)cc4C)nc3C)n2)cc1. The minimum Gasteiger partial charge on any atom is -0.326 e. The van der Waals surface area contributed by atoms with Gasteiger partial charge in [-0.15, -0.1) is 16.4 Å².